The van der Waals surface area contributed by atoms with Crippen LogP contribution in [0.2, 0.25) is 0 Å². The summed E-state index contributed by atoms with van der Waals surface area (Å²) in [7, 11) is 0. The van der Waals surface area contributed by atoms with Gasteiger partial charge in [0, 0.05) is 0 Å². The lowest BCUT2D eigenvalue weighted by Crippen LogP contribution is -2.09. The summed E-state index contributed by atoms with van der Waals surface area (Å²) in [5.41, 5.74) is 1.39. The van der Waals surface area contributed by atoms with Crippen molar-refractivity contribution in [1.82, 2.24) is 9.38 Å². The van der Waals surface area contributed by atoms with E-state index in [4.69, 9.17) is 4.74 Å². The fourth-order valence-corrected chi connectivity index (χ4v) is 1.32. The maximum atomic E-state index is 11.5. The first-order valence-electron chi connectivity index (χ1n) is 4.41. The van der Waals surface area contributed by atoms with E-state index in [2.05, 4.69) is 4.98 Å². The van der Waals surface area contributed by atoms with Crippen molar-refractivity contribution in [2.75, 3.05) is 6.61 Å². The van der Waals surface area contributed by atoms with Gasteiger partial charge in [0.15, 0.2) is 0 Å². The van der Waals surface area contributed by atoms with Crippen LogP contribution in [0.5, 0.6) is 0 Å². The van der Waals surface area contributed by atoms with Crippen molar-refractivity contribution in [1.29, 1.82) is 0 Å². The van der Waals surface area contributed by atoms with Crippen LogP contribution in [-0.2, 0) is 4.74 Å². The standard InChI is InChI=1S/C10H10N2O2/c1-2-14-10(13)9-5-3-4-8-6-11-7-12(8)9/h3-7H,2H2,1H3. The Hall–Kier alpha value is -1.84. The molecule has 2 aromatic rings. The lowest BCUT2D eigenvalue weighted by atomic mass is 10.3. The first-order chi connectivity index (χ1) is 6.83. The number of nitrogens with zero attached hydrogens (tertiary/aromatic N) is 2. The molecule has 0 aliphatic rings. The first-order valence-corrected chi connectivity index (χ1v) is 4.41. The summed E-state index contributed by atoms with van der Waals surface area (Å²) in [5.74, 6) is -0.323. The molecule has 4 heteroatoms. The minimum absolute atomic E-state index is 0.323. The summed E-state index contributed by atoms with van der Waals surface area (Å²) in [5, 5.41) is 0. The van der Waals surface area contributed by atoms with Crippen molar-refractivity contribution < 1.29 is 9.53 Å². The Morgan fingerprint density at radius 2 is 2.43 bits per heavy atom. The number of rotatable bonds is 2. The van der Waals surface area contributed by atoms with E-state index in [9.17, 15) is 4.79 Å². The molecule has 0 unspecified atom stereocenters. The molecule has 14 heavy (non-hydrogen) atoms. The Morgan fingerprint density at radius 3 is 3.21 bits per heavy atom. The zero-order valence-electron chi connectivity index (χ0n) is 7.80. The Labute approximate surface area is 81.1 Å². The molecule has 0 atom stereocenters. The van der Waals surface area contributed by atoms with E-state index in [0.29, 0.717) is 12.3 Å². The molecule has 0 aliphatic carbocycles. The van der Waals surface area contributed by atoms with Crippen LogP contribution in [0.15, 0.2) is 30.7 Å². The highest BCUT2D eigenvalue weighted by Gasteiger charge is 2.09. The maximum Gasteiger partial charge on any atom is 0.355 e. The quantitative estimate of drug-likeness (QED) is 0.674. The number of fused-ring (bicyclic) bond motifs is 1. The van der Waals surface area contributed by atoms with E-state index in [-0.39, 0.29) is 5.97 Å². The molecule has 0 saturated heterocycles. The summed E-state index contributed by atoms with van der Waals surface area (Å²) < 4.78 is 6.62. The fraction of sp³-hybridized carbons (Fsp3) is 0.200. The van der Waals surface area contributed by atoms with Crippen LogP contribution >= 0.6 is 0 Å². The molecule has 2 rings (SSSR count). The minimum Gasteiger partial charge on any atom is -0.461 e. The Morgan fingerprint density at radius 1 is 1.57 bits per heavy atom. The average molecular weight is 190 g/mol. The number of ether oxygens (including phenoxy) is 1. The van der Waals surface area contributed by atoms with Crippen LogP contribution in [0, 0.1) is 0 Å². The Balaban J connectivity index is 2.50. The van der Waals surface area contributed by atoms with Gasteiger partial charge in [0.1, 0.15) is 5.69 Å². The second-order valence-corrected chi connectivity index (χ2v) is 2.82. The van der Waals surface area contributed by atoms with Gasteiger partial charge in [-0.05, 0) is 19.1 Å². The molecular formula is C10H10N2O2. The molecule has 0 aliphatic heterocycles. The van der Waals surface area contributed by atoms with Crippen molar-refractivity contribution >= 4 is 11.5 Å². The second kappa shape index (κ2) is 3.49. The van der Waals surface area contributed by atoms with Crippen LogP contribution in [0.25, 0.3) is 5.52 Å². The van der Waals surface area contributed by atoms with Crippen LogP contribution in [0.4, 0.5) is 0 Å². The SMILES string of the molecule is CCOC(=O)c1cccc2cncn12. The molecule has 0 N–H and O–H groups in total. The average Bonchev–Trinajstić information content (AvgIpc) is 2.65. The highest BCUT2D eigenvalue weighted by Crippen LogP contribution is 2.07. The van der Waals surface area contributed by atoms with Gasteiger partial charge in [-0.2, -0.15) is 0 Å². The van der Waals surface area contributed by atoms with Gasteiger partial charge in [0.25, 0.3) is 0 Å². The summed E-state index contributed by atoms with van der Waals surface area (Å²) in [4.78, 5) is 15.4. The van der Waals surface area contributed by atoms with Crippen molar-refractivity contribution in [3.05, 3.63) is 36.4 Å². The number of hydrogen-bond donors (Lipinski definition) is 0. The van der Waals surface area contributed by atoms with Crippen LogP contribution in [0.1, 0.15) is 17.4 Å². The molecule has 0 saturated carbocycles. The number of aromatic nitrogens is 2. The summed E-state index contributed by atoms with van der Waals surface area (Å²) in [6.07, 6.45) is 3.30. The van der Waals surface area contributed by atoms with Crippen LogP contribution in [-0.4, -0.2) is 22.0 Å². The van der Waals surface area contributed by atoms with E-state index in [1.165, 1.54) is 0 Å². The highest BCUT2D eigenvalue weighted by molar-refractivity contribution is 5.88. The molecule has 2 heterocycles. The number of imidazole rings is 1. The van der Waals surface area contributed by atoms with Crippen molar-refractivity contribution in [2.24, 2.45) is 0 Å². The van der Waals surface area contributed by atoms with Gasteiger partial charge in [0.2, 0.25) is 0 Å². The topological polar surface area (TPSA) is 43.6 Å². The van der Waals surface area contributed by atoms with Crippen molar-refractivity contribution in [3.8, 4) is 0 Å². The molecule has 0 radical (unpaired) electrons. The Kier molecular flexibility index (Phi) is 2.18. The summed E-state index contributed by atoms with van der Waals surface area (Å²) in [6.45, 7) is 2.16. The zero-order valence-corrected chi connectivity index (χ0v) is 7.80. The third kappa shape index (κ3) is 1.35. The van der Waals surface area contributed by atoms with E-state index in [1.54, 1.807) is 29.9 Å². The molecule has 0 fully saturated rings. The van der Waals surface area contributed by atoms with E-state index >= 15 is 0 Å². The van der Waals surface area contributed by atoms with Gasteiger partial charge in [0.05, 0.1) is 24.6 Å². The summed E-state index contributed by atoms with van der Waals surface area (Å²) in [6, 6.07) is 5.41. The lowest BCUT2D eigenvalue weighted by molar-refractivity contribution is 0.0517. The predicted molar refractivity (Wildman–Crippen MR) is 51.1 cm³/mol. The smallest absolute Gasteiger partial charge is 0.355 e. The first kappa shape index (κ1) is 8.74. The maximum absolute atomic E-state index is 11.5. The molecular weight excluding hydrogens is 180 g/mol. The van der Waals surface area contributed by atoms with Crippen molar-refractivity contribution in [2.45, 2.75) is 6.92 Å². The number of pyridine rings is 1. The van der Waals surface area contributed by atoms with Crippen molar-refractivity contribution in [3.63, 3.8) is 0 Å². The molecule has 0 aromatic carbocycles. The third-order valence-corrected chi connectivity index (χ3v) is 1.93. The third-order valence-electron chi connectivity index (χ3n) is 1.93. The molecule has 2 aromatic heterocycles. The van der Waals surface area contributed by atoms with Gasteiger partial charge in [-0.25, -0.2) is 9.78 Å². The fourth-order valence-electron chi connectivity index (χ4n) is 1.32. The second-order valence-electron chi connectivity index (χ2n) is 2.82. The van der Waals surface area contributed by atoms with Gasteiger partial charge in [-0.1, -0.05) is 6.07 Å². The molecule has 0 spiro atoms. The van der Waals surface area contributed by atoms with Gasteiger partial charge < -0.3 is 4.74 Å². The molecule has 72 valence electrons. The number of hydrogen-bond acceptors (Lipinski definition) is 3. The Bertz CT molecular complexity index is 462. The van der Waals surface area contributed by atoms with E-state index < -0.39 is 0 Å². The van der Waals surface area contributed by atoms with Gasteiger partial charge in [-0.3, -0.25) is 4.40 Å². The summed E-state index contributed by atoms with van der Waals surface area (Å²) >= 11 is 0. The lowest BCUT2D eigenvalue weighted by Gasteiger charge is -2.03. The molecule has 0 bridgehead atoms. The normalized spacial score (nSPS) is 10.4. The van der Waals surface area contributed by atoms with Gasteiger partial charge >= 0.3 is 5.97 Å². The van der Waals surface area contributed by atoms with Gasteiger partial charge in [-0.15, -0.1) is 0 Å². The number of esters is 1. The molecule has 4 nitrogen and oxygen atoms in total. The van der Waals surface area contributed by atoms with E-state index in [0.717, 1.165) is 5.52 Å². The number of carbonyl (C=O) groups is 1. The number of carbonyl (C=O) groups excluding carboxylic acids is 1. The predicted octanol–water partition coefficient (Wildman–Crippen LogP) is 1.51. The van der Waals surface area contributed by atoms with Crippen LogP contribution < -0.4 is 0 Å². The van der Waals surface area contributed by atoms with Crippen LogP contribution in [0.3, 0.4) is 0 Å². The molecule has 0 amide bonds. The largest absolute Gasteiger partial charge is 0.461 e. The van der Waals surface area contributed by atoms with E-state index in [1.807, 2.05) is 12.1 Å². The minimum atomic E-state index is -0.323. The zero-order chi connectivity index (χ0) is 9.97. The monoisotopic (exact) mass is 190 g/mol. The highest BCUT2D eigenvalue weighted by atomic mass is 16.5.